The van der Waals surface area contributed by atoms with E-state index >= 15 is 0 Å². The highest BCUT2D eigenvalue weighted by Crippen LogP contribution is 2.58. The lowest BCUT2D eigenvalue weighted by molar-refractivity contribution is 1.48. The van der Waals surface area contributed by atoms with Crippen LogP contribution in [0.25, 0.3) is 10.4 Å². The van der Waals surface area contributed by atoms with Gasteiger partial charge in [0.2, 0.25) is 0 Å². The number of hydrogen-bond donors (Lipinski definition) is 0. The highest BCUT2D eigenvalue weighted by Gasteiger charge is 2.34. The molecule has 4 heteroatoms. The first-order valence-electron chi connectivity index (χ1n) is 9.34. The molecule has 0 amide bonds. The smallest absolute Gasteiger partial charge is 0.196 e. The number of hydrogen-bond acceptors (Lipinski definition) is 2. The van der Waals surface area contributed by atoms with Gasteiger partial charge in [-0.3, -0.25) is 0 Å². The number of nitrogens with zero attached hydrogens (tertiary/aromatic N) is 3. The Bertz CT molecular complexity index is 1300. The SMILES string of the molecule is [C-]#[N+]C1=CC(c2ccc(C#N)cc2)=CC(C#N)=P1(c1ccccc1)c1ccccc1. The number of allylic oxidation sites excluding steroid dienone is 3. The largest absolute Gasteiger partial charge is 0.237 e. The van der Waals surface area contributed by atoms with Crippen LogP contribution in [-0.2, 0) is 0 Å². The van der Waals surface area contributed by atoms with Crippen molar-refractivity contribution in [3.8, 4) is 12.1 Å². The summed E-state index contributed by atoms with van der Waals surface area (Å²) in [5.74, 6) is 0. The van der Waals surface area contributed by atoms with E-state index in [1.807, 2.05) is 84.9 Å². The minimum Gasteiger partial charge on any atom is -0.237 e. The summed E-state index contributed by atoms with van der Waals surface area (Å²) in [6.45, 7) is 5.47. The van der Waals surface area contributed by atoms with Gasteiger partial charge in [0, 0.05) is 6.89 Å². The molecule has 0 saturated carbocycles. The van der Waals surface area contributed by atoms with Gasteiger partial charge in [-0.25, -0.2) is 4.85 Å². The van der Waals surface area contributed by atoms with Crippen molar-refractivity contribution in [2.45, 2.75) is 0 Å². The molecule has 0 fully saturated rings. The van der Waals surface area contributed by atoms with Gasteiger partial charge in [-0.05, 0) is 46.0 Å². The van der Waals surface area contributed by atoms with E-state index < -0.39 is 6.89 Å². The fourth-order valence-corrected chi connectivity index (χ4v) is 7.59. The Labute approximate surface area is 176 Å². The molecule has 3 aromatic carbocycles. The van der Waals surface area contributed by atoms with E-state index in [1.54, 1.807) is 12.1 Å². The zero-order valence-electron chi connectivity index (χ0n) is 16.0. The predicted octanol–water partition coefficient (Wildman–Crippen LogP) is 5.08. The molecular formula is C26H16N3P. The van der Waals surface area contributed by atoms with E-state index in [4.69, 9.17) is 11.8 Å². The number of rotatable bonds is 3. The zero-order chi connectivity index (χ0) is 21.0. The molecule has 3 nitrogen and oxygen atoms in total. The Hall–Kier alpha value is -4.09. The Morgan fingerprint density at radius 1 is 0.700 bits per heavy atom. The zero-order valence-corrected chi connectivity index (χ0v) is 16.9. The minimum atomic E-state index is -2.55. The molecule has 0 unspecified atom stereocenters. The van der Waals surface area contributed by atoms with Crippen LogP contribution < -0.4 is 10.6 Å². The van der Waals surface area contributed by atoms with E-state index in [1.165, 1.54) is 0 Å². The van der Waals surface area contributed by atoms with Gasteiger partial charge in [0.15, 0.2) is 5.44 Å². The van der Waals surface area contributed by atoms with Crippen LogP contribution in [0.4, 0.5) is 0 Å². The third kappa shape index (κ3) is 3.07. The summed E-state index contributed by atoms with van der Waals surface area (Å²) in [6.07, 6.45) is 3.81. The van der Waals surface area contributed by atoms with Gasteiger partial charge < -0.3 is 0 Å². The van der Waals surface area contributed by atoms with Gasteiger partial charge in [0.1, 0.15) is 0 Å². The maximum atomic E-state index is 10.2. The molecule has 0 aromatic heterocycles. The van der Waals surface area contributed by atoms with Gasteiger partial charge in [-0.1, -0.05) is 72.8 Å². The van der Waals surface area contributed by atoms with Crippen LogP contribution in [0.15, 0.2) is 103 Å². The molecule has 0 aliphatic carbocycles. The molecule has 30 heavy (non-hydrogen) atoms. The van der Waals surface area contributed by atoms with Crippen LogP contribution in [0.5, 0.6) is 0 Å². The lowest BCUT2D eigenvalue weighted by atomic mass is 10.0. The molecule has 1 heterocycles. The summed E-state index contributed by atoms with van der Waals surface area (Å²) in [7, 11) is 0. The van der Waals surface area contributed by atoms with Crippen LogP contribution in [0.1, 0.15) is 11.1 Å². The molecule has 0 atom stereocenters. The topological polar surface area (TPSA) is 51.9 Å². The molecule has 0 spiro atoms. The quantitative estimate of drug-likeness (QED) is 0.454. The fraction of sp³-hybridized carbons (Fsp3) is 0. The van der Waals surface area contributed by atoms with Gasteiger partial charge in [-0.15, -0.1) is 0 Å². The van der Waals surface area contributed by atoms with E-state index in [9.17, 15) is 5.26 Å². The number of nitriles is 2. The maximum Gasteiger partial charge on any atom is 0.196 e. The summed E-state index contributed by atoms with van der Waals surface area (Å²) >= 11 is 0. The predicted molar refractivity (Wildman–Crippen MR) is 124 cm³/mol. The first-order chi connectivity index (χ1) is 14.7. The average molecular weight is 401 g/mol. The Morgan fingerprint density at radius 3 is 1.73 bits per heavy atom. The Balaban J connectivity index is 2.09. The molecule has 0 N–H and O–H groups in total. The molecule has 0 bridgehead atoms. The third-order valence-corrected chi connectivity index (χ3v) is 9.16. The molecule has 140 valence electrons. The highest BCUT2D eigenvalue weighted by molar-refractivity contribution is 7.93. The summed E-state index contributed by atoms with van der Waals surface area (Å²) in [4.78, 5) is 3.96. The molecule has 0 radical (unpaired) electrons. The summed E-state index contributed by atoms with van der Waals surface area (Å²) in [5, 5.41) is 21.9. The first-order valence-corrected chi connectivity index (χ1v) is 11.1. The fourth-order valence-electron chi connectivity index (χ4n) is 3.76. The van der Waals surface area contributed by atoms with Crippen molar-refractivity contribution in [3.63, 3.8) is 0 Å². The molecule has 4 rings (SSSR count). The van der Waals surface area contributed by atoms with E-state index in [-0.39, 0.29) is 0 Å². The second kappa shape index (κ2) is 8.11. The van der Waals surface area contributed by atoms with Crippen LogP contribution in [-0.4, -0.2) is 5.29 Å². The van der Waals surface area contributed by atoms with Crippen LogP contribution in [0.2, 0.25) is 0 Å². The van der Waals surface area contributed by atoms with Gasteiger partial charge in [-0.2, -0.15) is 10.5 Å². The highest BCUT2D eigenvalue weighted by atomic mass is 31.2. The van der Waals surface area contributed by atoms with Crippen molar-refractivity contribution < 1.29 is 0 Å². The summed E-state index contributed by atoms with van der Waals surface area (Å²) < 4.78 is 0. The van der Waals surface area contributed by atoms with Crippen LogP contribution in [0.3, 0.4) is 0 Å². The van der Waals surface area contributed by atoms with Crippen molar-refractivity contribution in [2.75, 3.05) is 0 Å². The molecule has 1 aliphatic rings. The van der Waals surface area contributed by atoms with E-state index in [0.29, 0.717) is 16.3 Å². The summed E-state index contributed by atoms with van der Waals surface area (Å²) in [6, 6.07) is 31.5. The standard InChI is InChI=1S/C26H16N3P/c1-29-26-17-22(21-14-12-20(18-27)13-15-21)16-25(19-28)30(26,23-8-4-2-5-9-23)24-10-6-3-7-11-24/h2-17H. The molecular weight excluding hydrogens is 385 g/mol. The van der Waals surface area contributed by atoms with E-state index in [2.05, 4.69) is 17.0 Å². The minimum absolute atomic E-state index is 0.574. The van der Waals surface area contributed by atoms with Crippen molar-refractivity contribution in [1.82, 2.24) is 0 Å². The Morgan fingerprint density at radius 2 is 1.27 bits per heavy atom. The van der Waals surface area contributed by atoms with Crippen LogP contribution >= 0.6 is 6.89 Å². The lowest BCUT2D eigenvalue weighted by Crippen LogP contribution is -2.23. The molecule has 3 aromatic rings. The van der Waals surface area contributed by atoms with Crippen LogP contribution in [0, 0.1) is 29.2 Å². The lowest BCUT2D eigenvalue weighted by Gasteiger charge is -2.31. The van der Waals surface area contributed by atoms with Crippen molar-refractivity contribution in [2.24, 2.45) is 0 Å². The van der Waals surface area contributed by atoms with Gasteiger partial charge >= 0.3 is 0 Å². The normalized spacial score (nSPS) is 14.5. The van der Waals surface area contributed by atoms with E-state index in [0.717, 1.165) is 21.7 Å². The monoisotopic (exact) mass is 401 g/mol. The summed E-state index contributed by atoms with van der Waals surface area (Å²) in [5.41, 5.74) is 2.84. The molecule has 0 saturated heterocycles. The van der Waals surface area contributed by atoms with Gasteiger partial charge in [0.05, 0.1) is 29.6 Å². The van der Waals surface area contributed by atoms with Crippen molar-refractivity contribution in [1.29, 1.82) is 10.5 Å². The second-order valence-electron chi connectivity index (χ2n) is 6.74. The van der Waals surface area contributed by atoms with Crippen molar-refractivity contribution in [3.05, 3.63) is 125 Å². The van der Waals surface area contributed by atoms with Gasteiger partial charge in [0.25, 0.3) is 0 Å². The third-order valence-electron chi connectivity index (χ3n) is 5.15. The second-order valence-corrected chi connectivity index (χ2v) is 10.1. The number of benzene rings is 3. The molecule has 1 aliphatic heterocycles. The average Bonchev–Trinajstić information content (AvgIpc) is 2.84. The first kappa shape index (κ1) is 19.2. The van der Waals surface area contributed by atoms with Crippen molar-refractivity contribution >= 4 is 28.4 Å². The maximum absolute atomic E-state index is 10.2. The Kier molecular flexibility index (Phi) is 5.20.